The molecule has 0 radical (unpaired) electrons. The zero-order valence-corrected chi connectivity index (χ0v) is 10.8. The van der Waals surface area contributed by atoms with Gasteiger partial charge in [0.15, 0.2) is 5.69 Å². The molecule has 0 atom stereocenters. The Morgan fingerprint density at radius 3 is 2.83 bits per heavy atom. The Balaban J connectivity index is 1.73. The van der Waals surface area contributed by atoms with E-state index in [1.54, 1.807) is 4.68 Å². The fourth-order valence-corrected chi connectivity index (χ4v) is 2.06. The second-order valence-corrected chi connectivity index (χ2v) is 4.96. The first-order valence-corrected chi connectivity index (χ1v) is 6.08. The number of hydrogen-bond donors (Lipinski definition) is 1. The van der Waals surface area contributed by atoms with Gasteiger partial charge in [0, 0.05) is 13.1 Å². The molecule has 18 heavy (non-hydrogen) atoms. The van der Waals surface area contributed by atoms with Gasteiger partial charge < -0.3 is 10.0 Å². The maximum Gasteiger partial charge on any atom is 0.358 e. The van der Waals surface area contributed by atoms with Gasteiger partial charge in [-0.1, -0.05) is 5.21 Å². The van der Waals surface area contributed by atoms with Crippen LogP contribution < -0.4 is 0 Å². The van der Waals surface area contributed by atoms with Crippen molar-refractivity contribution in [3.63, 3.8) is 0 Å². The normalized spacial score (nSPS) is 17.1. The van der Waals surface area contributed by atoms with Gasteiger partial charge in [0.1, 0.15) is 0 Å². The Morgan fingerprint density at radius 2 is 2.28 bits per heavy atom. The van der Waals surface area contributed by atoms with E-state index in [4.69, 9.17) is 5.11 Å². The number of carboxylic acids is 1. The van der Waals surface area contributed by atoms with E-state index in [9.17, 15) is 4.79 Å². The summed E-state index contributed by atoms with van der Waals surface area (Å²) in [4.78, 5) is 15.2. The molecule has 1 fully saturated rings. The molecule has 1 aliphatic rings. The van der Waals surface area contributed by atoms with Crippen LogP contribution in [0.4, 0.5) is 0 Å². The van der Waals surface area contributed by atoms with Gasteiger partial charge in [0.05, 0.1) is 12.2 Å². The molecule has 0 saturated carbocycles. The van der Waals surface area contributed by atoms with Crippen molar-refractivity contribution >= 4 is 5.97 Å². The predicted molar refractivity (Wildman–Crippen MR) is 65.6 cm³/mol. The highest BCUT2D eigenvalue weighted by atomic mass is 16.4. The van der Waals surface area contributed by atoms with E-state index >= 15 is 0 Å². The summed E-state index contributed by atoms with van der Waals surface area (Å²) >= 11 is 0. The summed E-state index contributed by atoms with van der Waals surface area (Å²) in [6, 6.07) is 0.268. The first-order chi connectivity index (χ1) is 8.56. The van der Waals surface area contributed by atoms with Crippen LogP contribution in [0.15, 0.2) is 6.20 Å². The summed E-state index contributed by atoms with van der Waals surface area (Å²) in [6.07, 6.45) is 2.65. The highest BCUT2D eigenvalue weighted by Gasteiger charge is 2.29. The lowest BCUT2D eigenvalue weighted by atomic mass is 10.1. The summed E-state index contributed by atoms with van der Waals surface area (Å²) in [7, 11) is 4.14. The maximum absolute atomic E-state index is 10.7. The van der Waals surface area contributed by atoms with Crippen molar-refractivity contribution in [1.82, 2.24) is 24.8 Å². The van der Waals surface area contributed by atoms with E-state index in [2.05, 4.69) is 34.2 Å². The summed E-state index contributed by atoms with van der Waals surface area (Å²) in [6.45, 7) is 4.02. The van der Waals surface area contributed by atoms with E-state index in [0.717, 1.165) is 32.6 Å². The number of aromatic nitrogens is 3. The maximum atomic E-state index is 10.7. The number of carboxylic acid groups (broad SMARTS) is 1. The molecule has 0 unspecified atom stereocenters. The zero-order valence-electron chi connectivity index (χ0n) is 10.8. The average Bonchev–Trinajstić information content (AvgIpc) is 2.69. The Kier molecular flexibility index (Phi) is 3.93. The number of aromatic carboxylic acids is 1. The summed E-state index contributed by atoms with van der Waals surface area (Å²) in [5.74, 6) is -1.02. The van der Waals surface area contributed by atoms with Gasteiger partial charge in [-0.05, 0) is 33.6 Å². The quantitative estimate of drug-likeness (QED) is 0.756. The molecular formula is C11H19N5O2. The van der Waals surface area contributed by atoms with E-state index in [-0.39, 0.29) is 11.7 Å². The standard InChI is InChI=1S/C11H19N5O2/c1-14(2)4-3-5-15-6-9(7-15)16-8-10(11(17)18)12-13-16/h8-9H,3-7H2,1-2H3,(H,17,18). The van der Waals surface area contributed by atoms with Crippen LogP contribution in [-0.2, 0) is 0 Å². The smallest absolute Gasteiger partial charge is 0.358 e. The van der Waals surface area contributed by atoms with E-state index in [1.165, 1.54) is 6.20 Å². The summed E-state index contributed by atoms with van der Waals surface area (Å²) < 4.78 is 1.66. The van der Waals surface area contributed by atoms with Gasteiger partial charge in [0.2, 0.25) is 0 Å². The molecule has 1 aromatic heterocycles. The molecule has 2 rings (SSSR count). The SMILES string of the molecule is CN(C)CCCN1CC(n2cc(C(=O)O)nn2)C1. The molecule has 1 N–H and O–H groups in total. The molecule has 0 aromatic carbocycles. The van der Waals surface area contributed by atoms with Crippen LogP contribution in [0.1, 0.15) is 23.0 Å². The molecule has 0 bridgehead atoms. The molecule has 0 aliphatic carbocycles. The Labute approximate surface area is 106 Å². The number of likely N-dealkylation sites (tertiary alicyclic amines) is 1. The molecule has 7 nitrogen and oxygen atoms in total. The minimum atomic E-state index is -1.02. The van der Waals surface area contributed by atoms with Crippen molar-refractivity contribution in [3.05, 3.63) is 11.9 Å². The third-order valence-corrected chi connectivity index (χ3v) is 3.12. The van der Waals surface area contributed by atoms with E-state index in [1.807, 2.05) is 0 Å². The van der Waals surface area contributed by atoms with Gasteiger partial charge in [-0.3, -0.25) is 4.90 Å². The number of rotatable bonds is 6. The monoisotopic (exact) mass is 253 g/mol. The summed E-state index contributed by atoms with van der Waals surface area (Å²) in [5, 5.41) is 16.2. The van der Waals surface area contributed by atoms with Crippen molar-refractivity contribution in [1.29, 1.82) is 0 Å². The van der Waals surface area contributed by atoms with Crippen molar-refractivity contribution in [2.45, 2.75) is 12.5 Å². The van der Waals surface area contributed by atoms with Gasteiger partial charge in [-0.2, -0.15) is 0 Å². The number of hydrogen-bond acceptors (Lipinski definition) is 5. The second kappa shape index (κ2) is 5.45. The fraction of sp³-hybridized carbons (Fsp3) is 0.727. The van der Waals surface area contributed by atoms with Gasteiger partial charge in [0.25, 0.3) is 0 Å². The third-order valence-electron chi connectivity index (χ3n) is 3.12. The Morgan fingerprint density at radius 1 is 1.56 bits per heavy atom. The second-order valence-electron chi connectivity index (χ2n) is 4.96. The van der Waals surface area contributed by atoms with Crippen molar-refractivity contribution in [3.8, 4) is 0 Å². The molecule has 1 aromatic rings. The van der Waals surface area contributed by atoms with Crippen LogP contribution in [0.25, 0.3) is 0 Å². The lowest BCUT2D eigenvalue weighted by molar-refractivity contribution is 0.0690. The molecule has 1 saturated heterocycles. The minimum absolute atomic E-state index is 0.0149. The number of nitrogens with zero attached hydrogens (tertiary/aromatic N) is 5. The van der Waals surface area contributed by atoms with Crippen molar-refractivity contribution < 1.29 is 9.90 Å². The van der Waals surface area contributed by atoms with Crippen molar-refractivity contribution in [2.75, 3.05) is 40.3 Å². The Hall–Kier alpha value is -1.47. The van der Waals surface area contributed by atoms with Gasteiger partial charge in [-0.25, -0.2) is 9.48 Å². The lowest BCUT2D eigenvalue weighted by Gasteiger charge is -2.39. The molecule has 0 spiro atoms. The molecule has 1 aliphatic heterocycles. The summed E-state index contributed by atoms with van der Waals surface area (Å²) in [5.41, 5.74) is 0.0149. The van der Waals surface area contributed by atoms with Crippen molar-refractivity contribution in [2.24, 2.45) is 0 Å². The highest BCUT2D eigenvalue weighted by molar-refractivity contribution is 5.84. The van der Waals surface area contributed by atoms with Crippen LogP contribution in [0.2, 0.25) is 0 Å². The Bertz CT molecular complexity index is 411. The molecule has 100 valence electrons. The van der Waals surface area contributed by atoms with E-state index in [0.29, 0.717) is 0 Å². The fourth-order valence-electron chi connectivity index (χ4n) is 2.06. The first-order valence-electron chi connectivity index (χ1n) is 6.08. The van der Waals surface area contributed by atoms with Crippen LogP contribution in [-0.4, -0.2) is 76.1 Å². The predicted octanol–water partition coefficient (Wildman–Crippen LogP) is -0.215. The average molecular weight is 253 g/mol. The van der Waals surface area contributed by atoms with Gasteiger partial charge >= 0.3 is 5.97 Å². The minimum Gasteiger partial charge on any atom is -0.476 e. The van der Waals surface area contributed by atoms with Gasteiger partial charge in [-0.15, -0.1) is 5.10 Å². The topological polar surface area (TPSA) is 74.5 Å². The molecular weight excluding hydrogens is 234 g/mol. The molecule has 2 heterocycles. The van der Waals surface area contributed by atoms with Crippen LogP contribution >= 0.6 is 0 Å². The molecule has 0 amide bonds. The zero-order chi connectivity index (χ0) is 13.1. The lowest BCUT2D eigenvalue weighted by Crippen LogP contribution is -2.48. The first kappa shape index (κ1) is 13.0. The van der Waals surface area contributed by atoms with Crippen LogP contribution in [0.3, 0.4) is 0 Å². The highest BCUT2D eigenvalue weighted by Crippen LogP contribution is 2.20. The largest absolute Gasteiger partial charge is 0.476 e. The van der Waals surface area contributed by atoms with Crippen LogP contribution in [0.5, 0.6) is 0 Å². The van der Waals surface area contributed by atoms with E-state index < -0.39 is 5.97 Å². The third kappa shape index (κ3) is 3.05. The van der Waals surface area contributed by atoms with Crippen LogP contribution in [0, 0.1) is 0 Å². The molecule has 7 heteroatoms. The number of carbonyl (C=O) groups is 1.